The first-order chi connectivity index (χ1) is 16.5. The zero-order valence-corrected chi connectivity index (χ0v) is 19.4. The van der Waals surface area contributed by atoms with E-state index in [9.17, 15) is 9.18 Å². The molecule has 0 spiro atoms. The summed E-state index contributed by atoms with van der Waals surface area (Å²) in [6.45, 7) is 7.96. The molecule has 178 valence electrons. The van der Waals surface area contributed by atoms with E-state index in [2.05, 4.69) is 10.2 Å². The molecular formula is C26H28FN3O4. The molecule has 5 rings (SSSR count). The molecule has 1 saturated heterocycles. The fraction of sp³-hybridized carbons (Fsp3) is 0.346. The van der Waals surface area contributed by atoms with Crippen LogP contribution in [0.5, 0.6) is 11.5 Å². The predicted octanol–water partition coefficient (Wildman–Crippen LogP) is 3.79. The number of benzene rings is 2. The number of nitrogens with one attached hydrogen (secondary N) is 1. The minimum atomic E-state index is -0.278. The second-order valence-corrected chi connectivity index (χ2v) is 8.59. The molecule has 0 aliphatic carbocycles. The number of carbonyl (C=O) groups excluding carboxylic acids is 1. The van der Waals surface area contributed by atoms with Gasteiger partial charge in [-0.1, -0.05) is 18.2 Å². The lowest BCUT2D eigenvalue weighted by Gasteiger charge is -2.29. The van der Waals surface area contributed by atoms with Crippen molar-refractivity contribution in [3.05, 3.63) is 76.4 Å². The van der Waals surface area contributed by atoms with Gasteiger partial charge in [-0.3, -0.25) is 4.79 Å². The van der Waals surface area contributed by atoms with Crippen molar-refractivity contribution in [1.82, 2.24) is 9.88 Å². The number of halogens is 1. The zero-order valence-electron chi connectivity index (χ0n) is 19.4. The summed E-state index contributed by atoms with van der Waals surface area (Å²) in [7, 11) is 0. The van der Waals surface area contributed by atoms with Gasteiger partial charge in [0.15, 0.2) is 11.5 Å². The highest BCUT2D eigenvalue weighted by Crippen LogP contribution is 2.34. The topological polar surface area (TPSA) is 65.0 Å². The van der Waals surface area contributed by atoms with Gasteiger partial charge in [0.05, 0.1) is 18.9 Å². The summed E-state index contributed by atoms with van der Waals surface area (Å²) >= 11 is 0. The van der Waals surface area contributed by atoms with Crippen LogP contribution in [-0.2, 0) is 17.8 Å². The second-order valence-electron chi connectivity index (χ2n) is 8.59. The molecule has 7 nitrogen and oxygen atoms in total. The molecule has 0 bridgehead atoms. The fourth-order valence-corrected chi connectivity index (χ4v) is 4.71. The largest absolute Gasteiger partial charge is 0.454 e. The number of hydrogen-bond acceptors (Lipinski definition) is 5. The summed E-state index contributed by atoms with van der Waals surface area (Å²) in [6.07, 6.45) is 0. The van der Waals surface area contributed by atoms with Crippen LogP contribution in [-0.4, -0.2) is 43.6 Å². The lowest BCUT2D eigenvalue weighted by atomic mass is 10.1. The monoisotopic (exact) mass is 465 g/mol. The number of aromatic nitrogens is 1. The number of ether oxygens (including phenoxy) is 3. The average Bonchev–Trinajstić information content (AvgIpc) is 3.41. The van der Waals surface area contributed by atoms with E-state index in [1.165, 1.54) is 12.1 Å². The van der Waals surface area contributed by atoms with E-state index in [-0.39, 0.29) is 18.5 Å². The van der Waals surface area contributed by atoms with E-state index in [4.69, 9.17) is 14.2 Å². The summed E-state index contributed by atoms with van der Waals surface area (Å²) < 4.78 is 31.8. The number of hydrogen-bond donors (Lipinski definition) is 1. The third-order valence-corrected chi connectivity index (χ3v) is 6.41. The summed E-state index contributed by atoms with van der Waals surface area (Å²) in [5.41, 5.74) is 5.49. The van der Waals surface area contributed by atoms with Crippen molar-refractivity contribution in [2.24, 2.45) is 0 Å². The van der Waals surface area contributed by atoms with Crippen LogP contribution >= 0.6 is 0 Å². The van der Waals surface area contributed by atoms with E-state index in [1.54, 1.807) is 12.1 Å². The van der Waals surface area contributed by atoms with Gasteiger partial charge in [-0.2, -0.15) is 0 Å². The average molecular weight is 466 g/mol. The van der Waals surface area contributed by atoms with Gasteiger partial charge in [0.25, 0.3) is 5.91 Å². The Morgan fingerprint density at radius 3 is 2.47 bits per heavy atom. The third-order valence-electron chi connectivity index (χ3n) is 6.41. The Morgan fingerprint density at radius 2 is 1.71 bits per heavy atom. The van der Waals surface area contributed by atoms with Crippen molar-refractivity contribution >= 4 is 11.6 Å². The molecule has 1 N–H and O–H groups in total. The molecule has 3 aromatic rings. The third kappa shape index (κ3) is 4.33. The van der Waals surface area contributed by atoms with Gasteiger partial charge in [0.2, 0.25) is 6.79 Å². The van der Waals surface area contributed by atoms with Crippen LogP contribution in [0.3, 0.4) is 0 Å². The molecule has 0 radical (unpaired) electrons. The number of carbonyl (C=O) groups is 1. The molecular weight excluding hydrogens is 437 g/mol. The maximum atomic E-state index is 13.5. The molecule has 0 saturated carbocycles. The zero-order chi connectivity index (χ0) is 23.7. The number of amides is 1. The molecule has 0 atom stereocenters. The molecule has 1 amide bonds. The van der Waals surface area contributed by atoms with Crippen LogP contribution in [0.2, 0.25) is 0 Å². The maximum Gasteiger partial charge on any atom is 0.268 e. The Balaban J connectivity index is 1.44. The summed E-state index contributed by atoms with van der Waals surface area (Å²) in [5.74, 6) is 0.970. The number of fused-ring (bicyclic) bond motifs is 1. The molecule has 3 heterocycles. The standard InChI is InChI=1S/C26H28FN3O4/c1-17-24(29-9-11-32-12-10-29)18(2)30(15-19-3-6-21(27)7-4-19)25(17)26(31)28-14-20-5-8-22-23(13-20)34-16-33-22/h3-8,13H,9-12,14-16H2,1-2H3,(H,28,31). The maximum absolute atomic E-state index is 13.5. The Morgan fingerprint density at radius 1 is 1.00 bits per heavy atom. The highest BCUT2D eigenvalue weighted by atomic mass is 19.1. The van der Waals surface area contributed by atoms with E-state index in [1.807, 2.05) is 36.6 Å². The minimum absolute atomic E-state index is 0.153. The van der Waals surface area contributed by atoms with Crippen LogP contribution in [0.1, 0.15) is 32.9 Å². The highest BCUT2D eigenvalue weighted by Gasteiger charge is 2.27. The lowest BCUT2D eigenvalue weighted by molar-refractivity contribution is 0.0941. The van der Waals surface area contributed by atoms with Gasteiger partial charge >= 0.3 is 0 Å². The van der Waals surface area contributed by atoms with Crippen molar-refractivity contribution in [2.75, 3.05) is 38.0 Å². The van der Waals surface area contributed by atoms with Crippen LogP contribution in [0.25, 0.3) is 0 Å². The molecule has 2 aromatic carbocycles. The number of morpholine rings is 1. The first-order valence-corrected chi connectivity index (χ1v) is 11.4. The van der Waals surface area contributed by atoms with Crippen LogP contribution in [0.15, 0.2) is 42.5 Å². The number of nitrogens with zero attached hydrogens (tertiary/aromatic N) is 2. The number of rotatable bonds is 6. The van der Waals surface area contributed by atoms with Crippen molar-refractivity contribution < 1.29 is 23.4 Å². The quantitative estimate of drug-likeness (QED) is 0.600. The van der Waals surface area contributed by atoms with Crippen molar-refractivity contribution in [1.29, 1.82) is 0 Å². The minimum Gasteiger partial charge on any atom is -0.454 e. The van der Waals surface area contributed by atoms with Gasteiger partial charge in [-0.05, 0) is 49.2 Å². The van der Waals surface area contributed by atoms with Crippen LogP contribution < -0.4 is 19.7 Å². The van der Waals surface area contributed by atoms with E-state index < -0.39 is 0 Å². The molecule has 34 heavy (non-hydrogen) atoms. The first-order valence-electron chi connectivity index (χ1n) is 11.4. The summed E-state index contributed by atoms with van der Waals surface area (Å²) in [5, 5.41) is 3.07. The van der Waals surface area contributed by atoms with Gasteiger partial charge in [0.1, 0.15) is 11.5 Å². The Labute approximate surface area is 198 Å². The molecule has 1 fully saturated rings. The second kappa shape index (κ2) is 9.38. The normalized spacial score (nSPS) is 15.0. The predicted molar refractivity (Wildman–Crippen MR) is 126 cm³/mol. The molecule has 1 aromatic heterocycles. The summed E-state index contributed by atoms with van der Waals surface area (Å²) in [6, 6.07) is 12.1. The van der Waals surface area contributed by atoms with Gasteiger partial charge in [0, 0.05) is 37.4 Å². The van der Waals surface area contributed by atoms with Gasteiger partial charge < -0.3 is 29.0 Å². The number of anilines is 1. The molecule has 2 aliphatic heterocycles. The van der Waals surface area contributed by atoms with Crippen LogP contribution in [0, 0.1) is 19.7 Å². The van der Waals surface area contributed by atoms with Crippen LogP contribution in [0.4, 0.5) is 10.1 Å². The Kier molecular flexibility index (Phi) is 6.15. The highest BCUT2D eigenvalue weighted by molar-refractivity contribution is 5.96. The van der Waals surface area contributed by atoms with E-state index in [0.29, 0.717) is 43.5 Å². The van der Waals surface area contributed by atoms with E-state index in [0.717, 1.165) is 41.2 Å². The first kappa shape index (κ1) is 22.3. The SMILES string of the molecule is Cc1c(N2CCOCC2)c(C)n(Cc2ccc(F)cc2)c1C(=O)NCc1ccc2c(c1)OCO2. The van der Waals surface area contributed by atoms with Crippen molar-refractivity contribution in [2.45, 2.75) is 26.9 Å². The Bertz CT molecular complexity index is 1200. The van der Waals surface area contributed by atoms with E-state index >= 15 is 0 Å². The van der Waals surface area contributed by atoms with Gasteiger partial charge in [-0.25, -0.2) is 4.39 Å². The fourth-order valence-electron chi connectivity index (χ4n) is 4.71. The molecule has 8 heteroatoms. The lowest BCUT2D eigenvalue weighted by Crippen LogP contribution is -2.36. The van der Waals surface area contributed by atoms with Gasteiger partial charge in [-0.15, -0.1) is 0 Å². The van der Waals surface area contributed by atoms with Crippen molar-refractivity contribution in [3.63, 3.8) is 0 Å². The Hall–Kier alpha value is -3.52. The van der Waals surface area contributed by atoms with Crippen molar-refractivity contribution in [3.8, 4) is 11.5 Å². The molecule has 2 aliphatic rings. The smallest absolute Gasteiger partial charge is 0.268 e. The molecule has 0 unspecified atom stereocenters. The summed E-state index contributed by atoms with van der Waals surface area (Å²) in [4.78, 5) is 15.8.